The summed E-state index contributed by atoms with van der Waals surface area (Å²) in [6.07, 6.45) is 4.93. The van der Waals surface area contributed by atoms with Gasteiger partial charge in [0.25, 0.3) is 0 Å². The third kappa shape index (κ3) is 2.93. The highest BCUT2D eigenvalue weighted by molar-refractivity contribution is 6.33. The third-order valence-corrected chi connectivity index (χ3v) is 3.98. The van der Waals surface area contributed by atoms with Crippen LogP contribution in [0.5, 0.6) is 0 Å². The summed E-state index contributed by atoms with van der Waals surface area (Å²) in [5.74, 6) is -0.857. The number of nitrogens with one attached hydrogen (secondary N) is 1. The predicted octanol–water partition coefficient (Wildman–Crippen LogP) is 3.10. The second kappa shape index (κ2) is 5.57. The summed E-state index contributed by atoms with van der Waals surface area (Å²) in [4.78, 5) is 15.0. The quantitative estimate of drug-likeness (QED) is 0.884. The number of halogens is 1. The number of hydrogen-bond acceptors (Lipinski definition) is 3. The molecule has 1 fully saturated rings. The van der Waals surface area contributed by atoms with Crippen LogP contribution in [0.15, 0.2) is 12.3 Å². The lowest BCUT2D eigenvalue weighted by Gasteiger charge is -2.28. The molecule has 0 atom stereocenters. The highest BCUT2D eigenvalue weighted by Gasteiger charge is 2.26. The van der Waals surface area contributed by atoms with Crippen molar-refractivity contribution in [2.75, 3.05) is 5.32 Å². The number of aliphatic carboxylic acids is 1. The maximum atomic E-state index is 10.9. The molecule has 4 nitrogen and oxygen atoms in total. The lowest BCUT2D eigenvalue weighted by atomic mass is 9.86. The van der Waals surface area contributed by atoms with Crippen LogP contribution >= 0.6 is 11.6 Å². The summed E-state index contributed by atoms with van der Waals surface area (Å²) in [5, 5.41) is 13.0. The number of aryl methyl sites for hydroxylation is 1. The topological polar surface area (TPSA) is 62.2 Å². The van der Waals surface area contributed by atoms with Crippen LogP contribution in [-0.4, -0.2) is 22.1 Å². The molecule has 0 saturated heterocycles. The Hall–Kier alpha value is -1.29. The Morgan fingerprint density at radius 2 is 2.11 bits per heavy atom. The van der Waals surface area contributed by atoms with Gasteiger partial charge in [-0.3, -0.25) is 9.78 Å². The second-order valence-electron chi connectivity index (χ2n) is 4.79. The van der Waals surface area contributed by atoms with Crippen LogP contribution in [-0.2, 0) is 4.79 Å². The highest BCUT2D eigenvalue weighted by atomic mass is 35.5. The smallest absolute Gasteiger partial charge is 0.306 e. The first-order valence-electron chi connectivity index (χ1n) is 6.18. The van der Waals surface area contributed by atoms with Crippen LogP contribution < -0.4 is 5.32 Å². The van der Waals surface area contributed by atoms with Gasteiger partial charge >= 0.3 is 5.97 Å². The maximum absolute atomic E-state index is 10.9. The lowest BCUT2D eigenvalue weighted by molar-refractivity contribution is -0.142. The minimum absolute atomic E-state index is 0.183. The van der Waals surface area contributed by atoms with Gasteiger partial charge in [0.15, 0.2) is 0 Å². The molecule has 98 valence electrons. The summed E-state index contributed by atoms with van der Waals surface area (Å²) in [6.45, 7) is 1.87. The SMILES string of the molecule is Cc1nccc(NC2CCC(C(=O)O)CC2)c1Cl. The zero-order valence-corrected chi connectivity index (χ0v) is 11.1. The van der Waals surface area contributed by atoms with Crippen molar-refractivity contribution in [3.63, 3.8) is 0 Å². The lowest BCUT2D eigenvalue weighted by Crippen LogP contribution is -2.29. The van der Waals surface area contributed by atoms with Gasteiger partial charge in [0.2, 0.25) is 0 Å². The van der Waals surface area contributed by atoms with Crippen molar-refractivity contribution >= 4 is 23.3 Å². The summed E-state index contributed by atoms with van der Waals surface area (Å²) in [7, 11) is 0. The zero-order chi connectivity index (χ0) is 13.1. The molecule has 2 N–H and O–H groups in total. The molecule has 1 saturated carbocycles. The molecule has 0 unspecified atom stereocenters. The standard InChI is InChI=1S/C13H17ClN2O2/c1-8-12(14)11(6-7-15-8)16-10-4-2-9(3-5-10)13(17)18/h6-7,9-10H,2-5H2,1H3,(H,15,16)(H,17,18). The van der Waals surface area contributed by atoms with Gasteiger partial charge < -0.3 is 10.4 Å². The van der Waals surface area contributed by atoms with E-state index in [9.17, 15) is 4.79 Å². The number of anilines is 1. The van der Waals surface area contributed by atoms with E-state index in [-0.39, 0.29) is 5.92 Å². The van der Waals surface area contributed by atoms with Crippen molar-refractivity contribution in [3.05, 3.63) is 23.0 Å². The van der Waals surface area contributed by atoms with E-state index >= 15 is 0 Å². The summed E-state index contributed by atoms with van der Waals surface area (Å²) in [5.41, 5.74) is 1.70. The van der Waals surface area contributed by atoms with Gasteiger partial charge in [0.1, 0.15) is 0 Å². The van der Waals surface area contributed by atoms with E-state index < -0.39 is 5.97 Å². The number of nitrogens with zero attached hydrogens (tertiary/aromatic N) is 1. The molecule has 2 rings (SSSR count). The summed E-state index contributed by atoms with van der Waals surface area (Å²) in [6, 6.07) is 2.17. The highest BCUT2D eigenvalue weighted by Crippen LogP contribution is 2.30. The second-order valence-corrected chi connectivity index (χ2v) is 5.17. The molecule has 0 aromatic carbocycles. The monoisotopic (exact) mass is 268 g/mol. The molecule has 0 aliphatic heterocycles. The molecule has 1 aliphatic carbocycles. The van der Waals surface area contributed by atoms with E-state index in [1.165, 1.54) is 0 Å². The number of aromatic nitrogens is 1. The van der Waals surface area contributed by atoms with Gasteiger partial charge in [-0.1, -0.05) is 11.6 Å². The van der Waals surface area contributed by atoms with E-state index in [0.29, 0.717) is 11.1 Å². The summed E-state index contributed by atoms with van der Waals surface area (Å²) < 4.78 is 0. The average Bonchev–Trinajstić information content (AvgIpc) is 2.36. The first-order chi connectivity index (χ1) is 8.58. The fourth-order valence-corrected chi connectivity index (χ4v) is 2.53. The fourth-order valence-electron chi connectivity index (χ4n) is 2.36. The van der Waals surface area contributed by atoms with Crippen LogP contribution in [0.3, 0.4) is 0 Å². The Labute approximate surface area is 111 Å². The van der Waals surface area contributed by atoms with Crippen LogP contribution in [0.2, 0.25) is 5.02 Å². The summed E-state index contributed by atoms with van der Waals surface area (Å²) >= 11 is 6.17. The molecule has 0 radical (unpaired) electrons. The first-order valence-corrected chi connectivity index (χ1v) is 6.56. The maximum Gasteiger partial charge on any atom is 0.306 e. The normalized spacial score (nSPS) is 23.7. The van der Waals surface area contributed by atoms with Gasteiger partial charge in [-0.25, -0.2) is 0 Å². The van der Waals surface area contributed by atoms with Gasteiger partial charge in [-0.2, -0.15) is 0 Å². The number of carbonyl (C=O) groups is 1. The van der Waals surface area contributed by atoms with Crippen molar-refractivity contribution in [1.29, 1.82) is 0 Å². The largest absolute Gasteiger partial charge is 0.481 e. The molecule has 18 heavy (non-hydrogen) atoms. The van der Waals surface area contributed by atoms with Gasteiger partial charge in [0, 0.05) is 12.2 Å². The zero-order valence-electron chi connectivity index (χ0n) is 10.3. The van der Waals surface area contributed by atoms with E-state index in [1.807, 2.05) is 13.0 Å². The Bertz CT molecular complexity index is 443. The Kier molecular flexibility index (Phi) is 4.07. The van der Waals surface area contributed by atoms with Gasteiger partial charge in [-0.05, 0) is 38.7 Å². The van der Waals surface area contributed by atoms with E-state index in [4.69, 9.17) is 16.7 Å². The Morgan fingerprint density at radius 1 is 1.44 bits per heavy atom. The van der Waals surface area contributed by atoms with Gasteiger partial charge in [0.05, 0.1) is 22.3 Å². The number of pyridine rings is 1. The minimum atomic E-state index is -0.675. The van der Waals surface area contributed by atoms with Crippen molar-refractivity contribution in [1.82, 2.24) is 4.98 Å². The van der Waals surface area contributed by atoms with E-state index in [1.54, 1.807) is 6.20 Å². The van der Waals surface area contributed by atoms with Crippen molar-refractivity contribution in [2.24, 2.45) is 5.92 Å². The molecule has 5 heteroatoms. The van der Waals surface area contributed by atoms with Crippen LogP contribution in [0.1, 0.15) is 31.4 Å². The number of carboxylic acid groups (broad SMARTS) is 1. The van der Waals surface area contributed by atoms with Crippen LogP contribution in [0.4, 0.5) is 5.69 Å². The third-order valence-electron chi connectivity index (χ3n) is 3.50. The molecular formula is C13H17ClN2O2. The molecule has 1 aromatic heterocycles. The fraction of sp³-hybridized carbons (Fsp3) is 0.538. The molecule has 1 aromatic rings. The Balaban J connectivity index is 1.96. The van der Waals surface area contributed by atoms with Crippen molar-refractivity contribution in [3.8, 4) is 0 Å². The molecule has 0 amide bonds. The molecule has 0 bridgehead atoms. The van der Waals surface area contributed by atoms with Crippen molar-refractivity contribution in [2.45, 2.75) is 38.6 Å². The molecule has 0 spiro atoms. The molecular weight excluding hydrogens is 252 g/mol. The Morgan fingerprint density at radius 3 is 2.72 bits per heavy atom. The van der Waals surface area contributed by atoms with Crippen LogP contribution in [0.25, 0.3) is 0 Å². The van der Waals surface area contributed by atoms with Crippen LogP contribution in [0, 0.1) is 12.8 Å². The number of hydrogen-bond donors (Lipinski definition) is 2. The van der Waals surface area contributed by atoms with Crippen molar-refractivity contribution < 1.29 is 9.90 Å². The predicted molar refractivity (Wildman–Crippen MR) is 71.0 cm³/mol. The average molecular weight is 269 g/mol. The van der Waals surface area contributed by atoms with Gasteiger partial charge in [-0.15, -0.1) is 0 Å². The number of carboxylic acids is 1. The molecule has 1 aliphatic rings. The number of rotatable bonds is 3. The minimum Gasteiger partial charge on any atom is -0.481 e. The first kappa shape index (κ1) is 13.1. The van der Waals surface area contributed by atoms with E-state index in [0.717, 1.165) is 37.1 Å². The van der Waals surface area contributed by atoms with E-state index in [2.05, 4.69) is 10.3 Å². The molecule has 1 heterocycles.